The number of benzene rings is 1. The normalized spacial score (nSPS) is 21.5. The molecule has 0 amide bonds. The van der Waals surface area contributed by atoms with Crippen molar-refractivity contribution < 1.29 is 9.47 Å². The van der Waals surface area contributed by atoms with Crippen LogP contribution < -0.4 is 10.1 Å². The molecule has 3 rings (SSSR count). The van der Waals surface area contributed by atoms with E-state index in [0.717, 1.165) is 12.3 Å². The molecule has 2 aliphatic carbocycles. The van der Waals surface area contributed by atoms with E-state index >= 15 is 0 Å². The predicted octanol–water partition coefficient (Wildman–Crippen LogP) is 3.30. The number of nitrogens with one attached hydrogen (secondary N) is 1. The average molecular weight is 275 g/mol. The third-order valence-corrected chi connectivity index (χ3v) is 4.18. The maximum atomic E-state index is 5.81. The molecular formula is C17H25NO2. The van der Waals surface area contributed by atoms with Crippen LogP contribution in [0.1, 0.15) is 44.2 Å². The van der Waals surface area contributed by atoms with Crippen LogP contribution in [0.2, 0.25) is 0 Å². The van der Waals surface area contributed by atoms with Gasteiger partial charge in [-0.25, -0.2) is 0 Å². The van der Waals surface area contributed by atoms with Crippen LogP contribution in [0.15, 0.2) is 24.3 Å². The van der Waals surface area contributed by atoms with Crippen LogP contribution in [-0.4, -0.2) is 25.9 Å². The van der Waals surface area contributed by atoms with E-state index < -0.39 is 0 Å². The highest BCUT2D eigenvalue weighted by Crippen LogP contribution is 2.40. The molecule has 2 unspecified atom stereocenters. The number of ether oxygens (including phenoxy) is 2. The van der Waals surface area contributed by atoms with Crippen LogP contribution in [0.5, 0.6) is 5.75 Å². The van der Waals surface area contributed by atoms with E-state index in [1.54, 1.807) is 0 Å². The van der Waals surface area contributed by atoms with Gasteiger partial charge in [0.15, 0.2) is 0 Å². The third-order valence-electron chi connectivity index (χ3n) is 4.18. The first kappa shape index (κ1) is 13.9. The molecule has 2 atom stereocenters. The molecule has 20 heavy (non-hydrogen) atoms. The molecule has 0 radical (unpaired) electrons. The lowest BCUT2D eigenvalue weighted by Gasteiger charge is -2.27. The lowest BCUT2D eigenvalue weighted by atomic mass is 9.98. The van der Waals surface area contributed by atoms with Crippen LogP contribution in [0, 0.1) is 5.92 Å². The smallest absolute Gasteiger partial charge is 0.119 e. The Bertz CT molecular complexity index is 423. The van der Waals surface area contributed by atoms with Gasteiger partial charge in [0.1, 0.15) is 5.75 Å². The van der Waals surface area contributed by atoms with Crippen molar-refractivity contribution in [3.05, 3.63) is 29.8 Å². The van der Waals surface area contributed by atoms with Crippen molar-refractivity contribution in [1.82, 2.24) is 5.32 Å². The highest BCUT2D eigenvalue weighted by atomic mass is 16.5. The van der Waals surface area contributed by atoms with Gasteiger partial charge in [0, 0.05) is 7.11 Å². The highest BCUT2D eigenvalue weighted by Gasteiger charge is 2.37. The van der Waals surface area contributed by atoms with E-state index in [-0.39, 0.29) is 12.1 Å². The van der Waals surface area contributed by atoms with E-state index in [4.69, 9.17) is 9.47 Å². The number of hydrogen-bond donors (Lipinski definition) is 1. The van der Waals surface area contributed by atoms with Crippen LogP contribution >= 0.6 is 0 Å². The molecule has 0 bridgehead atoms. The van der Waals surface area contributed by atoms with Crippen LogP contribution in [0.25, 0.3) is 0 Å². The van der Waals surface area contributed by atoms with E-state index in [9.17, 15) is 0 Å². The Hall–Kier alpha value is -1.06. The van der Waals surface area contributed by atoms with Gasteiger partial charge < -0.3 is 14.8 Å². The number of rotatable bonds is 8. The predicted molar refractivity (Wildman–Crippen MR) is 80.0 cm³/mol. The van der Waals surface area contributed by atoms with Gasteiger partial charge in [-0.05, 0) is 55.8 Å². The standard InChI is InChI=1S/C17H25NO2/c1-3-18-16(17(19-2)13-4-5-13)12-6-8-14(9-7-12)20-15-10-11-15/h6-9,13,15-18H,3-5,10-11H2,1-2H3. The lowest BCUT2D eigenvalue weighted by Crippen LogP contribution is -2.34. The van der Waals surface area contributed by atoms with Gasteiger partial charge in [-0.15, -0.1) is 0 Å². The number of methoxy groups -OCH3 is 1. The summed E-state index contributed by atoms with van der Waals surface area (Å²) in [5.74, 6) is 1.71. The topological polar surface area (TPSA) is 30.5 Å². The van der Waals surface area contributed by atoms with Gasteiger partial charge in [-0.1, -0.05) is 19.1 Å². The molecule has 3 heteroatoms. The summed E-state index contributed by atoms with van der Waals surface area (Å²) in [6, 6.07) is 8.83. The second kappa shape index (κ2) is 6.15. The quantitative estimate of drug-likeness (QED) is 0.789. The highest BCUT2D eigenvalue weighted by molar-refractivity contribution is 5.30. The van der Waals surface area contributed by atoms with Gasteiger partial charge >= 0.3 is 0 Å². The molecule has 2 saturated carbocycles. The van der Waals surface area contributed by atoms with E-state index in [0.29, 0.717) is 12.0 Å². The Kier molecular flexibility index (Phi) is 4.27. The first-order chi connectivity index (χ1) is 9.81. The molecular weight excluding hydrogens is 250 g/mol. The molecule has 2 fully saturated rings. The van der Waals surface area contributed by atoms with Gasteiger partial charge in [-0.2, -0.15) is 0 Å². The van der Waals surface area contributed by atoms with Gasteiger partial charge in [0.25, 0.3) is 0 Å². The summed E-state index contributed by atoms with van der Waals surface area (Å²) in [6.45, 7) is 3.11. The first-order valence-electron chi connectivity index (χ1n) is 7.84. The van der Waals surface area contributed by atoms with E-state index in [1.807, 2.05) is 7.11 Å². The maximum absolute atomic E-state index is 5.81. The zero-order chi connectivity index (χ0) is 13.9. The molecule has 0 spiro atoms. The van der Waals surface area contributed by atoms with Crippen LogP contribution in [-0.2, 0) is 4.74 Å². The lowest BCUT2D eigenvalue weighted by molar-refractivity contribution is 0.0511. The molecule has 3 nitrogen and oxygen atoms in total. The molecule has 0 aromatic heterocycles. The Morgan fingerprint density at radius 2 is 1.85 bits per heavy atom. The Balaban J connectivity index is 1.71. The third kappa shape index (κ3) is 3.33. The molecule has 0 aliphatic heterocycles. The molecule has 1 N–H and O–H groups in total. The molecule has 1 aromatic carbocycles. The van der Waals surface area contributed by atoms with Gasteiger partial charge in [0.2, 0.25) is 0 Å². The van der Waals surface area contributed by atoms with Crippen molar-refractivity contribution in [2.75, 3.05) is 13.7 Å². The second-order valence-electron chi connectivity index (χ2n) is 5.96. The fourth-order valence-electron chi connectivity index (χ4n) is 2.80. The van der Waals surface area contributed by atoms with Crippen molar-refractivity contribution in [1.29, 1.82) is 0 Å². The summed E-state index contributed by atoms with van der Waals surface area (Å²) < 4.78 is 11.6. The summed E-state index contributed by atoms with van der Waals surface area (Å²) in [7, 11) is 1.83. The summed E-state index contributed by atoms with van der Waals surface area (Å²) in [5.41, 5.74) is 1.30. The fourth-order valence-corrected chi connectivity index (χ4v) is 2.80. The van der Waals surface area contributed by atoms with Crippen LogP contribution in [0.4, 0.5) is 0 Å². The van der Waals surface area contributed by atoms with E-state index in [2.05, 4.69) is 36.5 Å². The largest absolute Gasteiger partial charge is 0.490 e. The molecule has 0 heterocycles. The minimum atomic E-state index is 0.283. The number of hydrogen-bond acceptors (Lipinski definition) is 3. The SMILES string of the molecule is CCNC(c1ccc(OC2CC2)cc1)C(OC)C1CC1. The molecule has 0 saturated heterocycles. The first-order valence-corrected chi connectivity index (χ1v) is 7.84. The Labute approximate surface area is 121 Å². The summed E-state index contributed by atoms with van der Waals surface area (Å²) >= 11 is 0. The molecule has 2 aliphatic rings. The molecule has 110 valence electrons. The molecule has 1 aromatic rings. The minimum Gasteiger partial charge on any atom is -0.490 e. The van der Waals surface area contributed by atoms with Gasteiger partial charge in [0.05, 0.1) is 18.2 Å². The monoisotopic (exact) mass is 275 g/mol. The Morgan fingerprint density at radius 1 is 1.15 bits per heavy atom. The van der Waals surface area contributed by atoms with Crippen LogP contribution in [0.3, 0.4) is 0 Å². The fraction of sp³-hybridized carbons (Fsp3) is 0.647. The summed E-state index contributed by atoms with van der Waals surface area (Å²) in [5, 5.41) is 3.58. The zero-order valence-electron chi connectivity index (χ0n) is 12.5. The van der Waals surface area contributed by atoms with E-state index in [1.165, 1.54) is 31.2 Å². The zero-order valence-corrected chi connectivity index (χ0v) is 12.5. The second-order valence-corrected chi connectivity index (χ2v) is 5.96. The summed E-state index contributed by atoms with van der Waals surface area (Å²) in [6.07, 6.45) is 5.74. The van der Waals surface area contributed by atoms with Crippen molar-refractivity contribution in [2.24, 2.45) is 5.92 Å². The minimum absolute atomic E-state index is 0.283. The van der Waals surface area contributed by atoms with Crippen molar-refractivity contribution >= 4 is 0 Å². The average Bonchev–Trinajstić information content (AvgIpc) is 3.34. The van der Waals surface area contributed by atoms with Crippen molar-refractivity contribution in [2.45, 2.75) is 50.9 Å². The van der Waals surface area contributed by atoms with Crippen molar-refractivity contribution in [3.8, 4) is 5.75 Å². The van der Waals surface area contributed by atoms with Crippen molar-refractivity contribution in [3.63, 3.8) is 0 Å². The number of likely N-dealkylation sites (N-methyl/N-ethyl adjacent to an activating group) is 1. The van der Waals surface area contributed by atoms with Gasteiger partial charge in [-0.3, -0.25) is 0 Å². The maximum Gasteiger partial charge on any atom is 0.119 e. The Morgan fingerprint density at radius 3 is 2.35 bits per heavy atom. The summed E-state index contributed by atoms with van der Waals surface area (Å²) in [4.78, 5) is 0.